The Morgan fingerprint density at radius 1 is 1.40 bits per heavy atom. The molecule has 134 valence electrons. The molecule has 2 atom stereocenters. The van der Waals surface area contributed by atoms with Gasteiger partial charge in [0.15, 0.2) is 11.5 Å². The Hall–Kier alpha value is -2.02. The zero-order chi connectivity index (χ0) is 18.1. The first kappa shape index (κ1) is 17.8. The van der Waals surface area contributed by atoms with Crippen LogP contribution in [0.3, 0.4) is 0 Å². The molecule has 0 bridgehead atoms. The summed E-state index contributed by atoms with van der Waals surface area (Å²) in [5, 5.41) is 2.74. The van der Waals surface area contributed by atoms with Gasteiger partial charge >= 0.3 is 5.97 Å². The maximum absolute atomic E-state index is 12.7. The van der Waals surface area contributed by atoms with E-state index < -0.39 is 11.9 Å². The second-order valence-electron chi connectivity index (χ2n) is 6.19. The molecular weight excluding hydrogens is 390 g/mol. The van der Waals surface area contributed by atoms with E-state index in [1.165, 1.54) is 0 Å². The smallest absolute Gasteiger partial charge is 0.336 e. The van der Waals surface area contributed by atoms with Gasteiger partial charge in [0.1, 0.15) is 0 Å². The number of carbonyl (C=O) groups is 2. The van der Waals surface area contributed by atoms with E-state index in [4.69, 9.17) is 14.2 Å². The van der Waals surface area contributed by atoms with Crippen molar-refractivity contribution >= 4 is 27.8 Å². The van der Waals surface area contributed by atoms with Gasteiger partial charge in [-0.3, -0.25) is 4.79 Å². The average molecular weight is 410 g/mol. The Morgan fingerprint density at radius 3 is 2.76 bits per heavy atom. The van der Waals surface area contributed by atoms with Crippen LogP contribution in [0.4, 0.5) is 0 Å². The molecule has 0 saturated carbocycles. The average Bonchev–Trinajstić information content (AvgIpc) is 2.99. The van der Waals surface area contributed by atoms with E-state index in [1.54, 1.807) is 13.0 Å². The third kappa shape index (κ3) is 3.51. The topological polar surface area (TPSA) is 73.9 Å². The lowest BCUT2D eigenvalue weighted by Crippen LogP contribution is -2.35. The molecule has 0 aliphatic carbocycles. The molecule has 3 rings (SSSR count). The van der Waals surface area contributed by atoms with E-state index in [1.807, 2.05) is 19.9 Å². The summed E-state index contributed by atoms with van der Waals surface area (Å²) in [7, 11) is 0. The van der Waals surface area contributed by atoms with Gasteiger partial charge in [-0.05, 0) is 38.0 Å². The van der Waals surface area contributed by atoms with Gasteiger partial charge in [0.2, 0.25) is 12.7 Å². The monoisotopic (exact) mass is 409 g/mol. The van der Waals surface area contributed by atoms with E-state index in [0.29, 0.717) is 22.8 Å². The van der Waals surface area contributed by atoms with Crippen LogP contribution in [0.25, 0.3) is 0 Å². The maximum Gasteiger partial charge on any atom is 0.336 e. The number of nitrogens with one attached hydrogen (secondary N) is 1. The molecule has 7 heteroatoms. The van der Waals surface area contributed by atoms with Gasteiger partial charge in [-0.15, -0.1) is 0 Å². The molecule has 2 aliphatic rings. The molecule has 0 spiro atoms. The van der Waals surface area contributed by atoms with Crippen LogP contribution in [-0.4, -0.2) is 24.8 Å². The lowest BCUT2D eigenvalue weighted by atomic mass is 9.84. The van der Waals surface area contributed by atoms with Crippen LogP contribution >= 0.6 is 15.9 Å². The van der Waals surface area contributed by atoms with E-state index in [-0.39, 0.29) is 25.2 Å². The Balaban J connectivity index is 2.02. The summed E-state index contributed by atoms with van der Waals surface area (Å²) in [5.41, 5.74) is 1.80. The number of esters is 1. The highest BCUT2D eigenvalue weighted by Crippen LogP contribution is 2.43. The lowest BCUT2D eigenvalue weighted by molar-refractivity contribution is -0.144. The highest BCUT2D eigenvalue weighted by atomic mass is 79.9. The van der Waals surface area contributed by atoms with Crippen molar-refractivity contribution in [3.8, 4) is 11.5 Å². The van der Waals surface area contributed by atoms with Crippen molar-refractivity contribution < 1.29 is 23.8 Å². The Morgan fingerprint density at radius 2 is 2.08 bits per heavy atom. The molecule has 0 aromatic heterocycles. The van der Waals surface area contributed by atoms with Crippen LogP contribution in [0.5, 0.6) is 11.5 Å². The second-order valence-corrected chi connectivity index (χ2v) is 7.05. The van der Waals surface area contributed by atoms with E-state index >= 15 is 0 Å². The summed E-state index contributed by atoms with van der Waals surface area (Å²) in [6.45, 7) is 5.68. The number of rotatable bonds is 4. The van der Waals surface area contributed by atoms with Crippen LogP contribution < -0.4 is 14.8 Å². The highest BCUT2D eigenvalue weighted by Gasteiger charge is 2.35. The van der Waals surface area contributed by atoms with Crippen molar-refractivity contribution in [2.75, 3.05) is 6.79 Å². The highest BCUT2D eigenvalue weighted by molar-refractivity contribution is 9.10. The van der Waals surface area contributed by atoms with Crippen LogP contribution in [-0.2, 0) is 14.3 Å². The number of hydrogen-bond acceptors (Lipinski definition) is 5. The van der Waals surface area contributed by atoms with Crippen molar-refractivity contribution in [3.63, 3.8) is 0 Å². The maximum atomic E-state index is 12.7. The molecule has 0 fully saturated rings. The van der Waals surface area contributed by atoms with E-state index in [9.17, 15) is 9.59 Å². The first-order valence-electron chi connectivity index (χ1n) is 8.21. The van der Waals surface area contributed by atoms with Gasteiger partial charge in [0, 0.05) is 22.5 Å². The van der Waals surface area contributed by atoms with Gasteiger partial charge in [0.05, 0.1) is 11.7 Å². The number of ether oxygens (including phenoxy) is 3. The number of allylic oxidation sites excluding steroid dienone is 1. The van der Waals surface area contributed by atoms with Gasteiger partial charge in [-0.25, -0.2) is 4.79 Å². The third-order valence-electron chi connectivity index (χ3n) is 4.44. The minimum atomic E-state index is -0.408. The summed E-state index contributed by atoms with van der Waals surface area (Å²) in [5.74, 6) is 0.305. The zero-order valence-electron chi connectivity index (χ0n) is 14.3. The second kappa shape index (κ2) is 7.07. The summed E-state index contributed by atoms with van der Waals surface area (Å²) in [6, 6.07) is 3.62. The minimum absolute atomic E-state index is 0.132. The van der Waals surface area contributed by atoms with Crippen LogP contribution in [0.2, 0.25) is 0 Å². The number of hydrogen-bond donors (Lipinski definition) is 1. The van der Waals surface area contributed by atoms with Crippen LogP contribution in [0, 0.1) is 0 Å². The van der Waals surface area contributed by atoms with Crippen LogP contribution in [0.15, 0.2) is 27.9 Å². The normalized spacial score (nSPS) is 20.3. The van der Waals surface area contributed by atoms with Gasteiger partial charge in [-0.1, -0.05) is 22.9 Å². The molecule has 0 saturated heterocycles. The number of amides is 1. The molecule has 1 amide bonds. The predicted octanol–water partition coefficient (Wildman–Crippen LogP) is 3.40. The largest absolute Gasteiger partial charge is 0.459 e. The minimum Gasteiger partial charge on any atom is -0.459 e. The van der Waals surface area contributed by atoms with Crippen LogP contribution in [0.1, 0.15) is 45.1 Å². The first-order chi connectivity index (χ1) is 11.9. The quantitative estimate of drug-likeness (QED) is 0.771. The van der Waals surface area contributed by atoms with Gasteiger partial charge < -0.3 is 19.5 Å². The molecule has 0 unspecified atom stereocenters. The molecule has 1 aromatic rings. The zero-order valence-corrected chi connectivity index (χ0v) is 15.9. The standard InChI is InChI=1S/C18H20BrNO5/c1-4-9(2)25-18(22)17-10(3)20-16(21)6-12(17)11-5-14-15(7-13(11)19)24-8-23-14/h5,7,9,12H,4,6,8H2,1-3H3,(H,20,21)/t9-,12-/m0/s1. The number of fused-ring (bicyclic) bond motifs is 1. The number of halogens is 1. The lowest BCUT2D eigenvalue weighted by Gasteiger charge is -2.28. The molecule has 6 nitrogen and oxygen atoms in total. The van der Waals surface area contributed by atoms with Crippen molar-refractivity contribution in [1.82, 2.24) is 5.32 Å². The van der Waals surface area contributed by atoms with Crippen molar-refractivity contribution in [2.45, 2.75) is 45.6 Å². The molecular formula is C18H20BrNO5. The fraction of sp³-hybridized carbons (Fsp3) is 0.444. The summed E-state index contributed by atoms with van der Waals surface area (Å²) < 4.78 is 17.1. The van der Waals surface area contributed by atoms with Gasteiger partial charge in [-0.2, -0.15) is 0 Å². The van der Waals surface area contributed by atoms with E-state index in [2.05, 4.69) is 21.2 Å². The Labute approximate surface area is 154 Å². The van der Waals surface area contributed by atoms with Gasteiger partial charge in [0.25, 0.3) is 0 Å². The fourth-order valence-electron chi connectivity index (χ4n) is 2.97. The molecule has 0 radical (unpaired) electrons. The molecule has 25 heavy (non-hydrogen) atoms. The first-order valence-corrected chi connectivity index (χ1v) is 9.00. The molecule has 1 aromatic carbocycles. The number of carbonyl (C=O) groups excluding carboxylic acids is 2. The summed E-state index contributed by atoms with van der Waals surface area (Å²) in [4.78, 5) is 24.8. The molecule has 2 heterocycles. The molecule has 1 N–H and O–H groups in total. The predicted molar refractivity (Wildman–Crippen MR) is 94.3 cm³/mol. The Kier molecular flexibility index (Phi) is 5.03. The Bertz CT molecular complexity index is 758. The van der Waals surface area contributed by atoms with E-state index in [0.717, 1.165) is 16.5 Å². The molecule has 2 aliphatic heterocycles. The summed E-state index contributed by atoms with van der Waals surface area (Å²) in [6.07, 6.45) is 0.704. The number of benzene rings is 1. The van der Waals surface area contributed by atoms with Crippen molar-refractivity contribution in [3.05, 3.63) is 33.4 Å². The third-order valence-corrected chi connectivity index (χ3v) is 5.13. The van der Waals surface area contributed by atoms with Crippen molar-refractivity contribution in [1.29, 1.82) is 0 Å². The summed E-state index contributed by atoms with van der Waals surface area (Å²) >= 11 is 3.52. The fourth-order valence-corrected chi connectivity index (χ4v) is 3.57. The van der Waals surface area contributed by atoms with Crippen molar-refractivity contribution in [2.24, 2.45) is 0 Å². The SMILES string of the molecule is CC[C@H](C)OC(=O)C1=C(C)NC(=O)C[C@H]1c1cc2c(cc1Br)OCO2.